The van der Waals surface area contributed by atoms with E-state index in [1.165, 1.54) is 12.1 Å². The molecule has 0 saturated carbocycles. The zero-order valence-electron chi connectivity index (χ0n) is 12.1. The van der Waals surface area contributed by atoms with Crippen molar-refractivity contribution in [3.63, 3.8) is 0 Å². The number of hydrogen-bond acceptors (Lipinski definition) is 2. The third-order valence-corrected chi connectivity index (χ3v) is 3.55. The minimum atomic E-state index is -0.577. The molecule has 23 heavy (non-hydrogen) atoms. The monoisotopic (exact) mass is 376 g/mol. The Kier molecular flexibility index (Phi) is 5.71. The van der Waals surface area contributed by atoms with E-state index in [0.717, 1.165) is 16.2 Å². The molecule has 5 heteroatoms. The van der Waals surface area contributed by atoms with Gasteiger partial charge in [-0.3, -0.25) is 0 Å². The highest BCUT2D eigenvalue weighted by atomic mass is 79.9. The molecule has 3 rings (SSSR count). The average molecular weight is 377 g/mol. The van der Waals surface area contributed by atoms with Crippen molar-refractivity contribution in [1.82, 2.24) is 0 Å². The summed E-state index contributed by atoms with van der Waals surface area (Å²) in [5.74, 6) is -1.15. The van der Waals surface area contributed by atoms with Gasteiger partial charge in [-0.15, -0.1) is 0 Å². The van der Waals surface area contributed by atoms with Gasteiger partial charge in [0.1, 0.15) is 11.6 Å². The molecule has 0 saturated heterocycles. The second kappa shape index (κ2) is 7.74. The lowest BCUT2D eigenvalue weighted by molar-refractivity contribution is 0.585. The Morgan fingerprint density at radius 3 is 1.70 bits per heavy atom. The summed E-state index contributed by atoms with van der Waals surface area (Å²) < 4.78 is 27.1. The molecule has 0 bridgehead atoms. The van der Waals surface area contributed by atoms with Crippen LogP contribution in [-0.2, 0) is 0 Å². The van der Waals surface area contributed by atoms with Crippen LogP contribution < -0.4 is 11.5 Å². The third-order valence-electron chi connectivity index (χ3n) is 3.02. The zero-order chi connectivity index (χ0) is 16.8. The highest BCUT2D eigenvalue weighted by Gasteiger charge is 2.05. The summed E-state index contributed by atoms with van der Waals surface area (Å²) in [6, 6.07) is 17.8. The Bertz CT molecular complexity index is 751. The van der Waals surface area contributed by atoms with E-state index in [1.807, 2.05) is 24.3 Å². The molecule has 118 valence electrons. The van der Waals surface area contributed by atoms with Crippen molar-refractivity contribution < 1.29 is 8.78 Å². The summed E-state index contributed by atoms with van der Waals surface area (Å²) in [6.45, 7) is 0. The largest absolute Gasteiger partial charge is 0.399 e. The molecule has 0 aliphatic carbocycles. The number of hydrogen-bond donors (Lipinski definition) is 2. The maximum absolute atomic E-state index is 13.4. The maximum Gasteiger partial charge on any atom is 0.133 e. The second-order valence-corrected chi connectivity index (χ2v) is 5.71. The van der Waals surface area contributed by atoms with E-state index < -0.39 is 11.6 Å². The van der Waals surface area contributed by atoms with Crippen molar-refractivity contribution in [2.45, 2.75) is 0 Å². The van der Waals surface area contributed by atoms with Crippen LogP contribution in [-0.4, -0.2) is 0 Å². The van der Waals surface area contributed by atoms with E-state index in [4.69, 9.17) is 11.5 Å². The van der Waals surface area contributed by atoms with Crippen molar-refractivity contribution >= 4 is 27.3 Å². The van der Waals surface area contributed by atoms with Gasteiger partial charge in [0.2, 0.25) is 0 Å². The molecule has 0 amide bonds. The smallest absolute Gasteiger partial charge is 0.133 e. The van der Waals surface area contributed by atoms with Gasteiger partial charge in [0.05, 0.1) is 0 Å². The Balaban J connectivity index is 0.000000203. The summed E-state index contributed by atoms with van der Waals surface area (Å²) in [7, 11) is 0. The van der Waals surface area contributed by atoms with Crippen LogP contribution in [0.1, 0.15) is 0 Å². The van der Waals surface area contributed by atoms with Crippen LogP contribution in [0.5, 0.6) is 0 Å². The molecule has 0 fully saturated rings. The highest BCUT2D eigenvalue weighted by molar-refractivity contribution is 9.10. The molecule has 0 aromatic heterocycles. The number of anilines is 2. The minimum absolute atomic E-state index is 0.372. The lowest BCUT2D eigenvalue weighted by atomic mass is 10.0. The summed E-state index contributed by atoms with van der Waals surface area (Å²) >= 11 is 3.29. The first-order valence-electron chi connectivity index (χ1n) is 6.78. The molecule has 3 aromatic carbocycles. The van der Waals surface area contributed by atoms with Crippen molar-refractivity contribution in [2.24, 2.45) is 0 Å². The highest BCUT2D eigenvalue weighted by Crippen LogP contribution is 2.24. The average Bonchev–Trinajstić information content (AvgIpc) is 2.52. The van der Waals surface area contributed by atoms with Crippen molar-refractivity contribution in [2.75, 3.05) is 11.5 Å². The third kappa shape index (κ3) is 5.07. The number of benzene rings is 3. The van der Waals surface area contributed by atoms with Crippen LogP contribution in [0.4, 0.5) is 20.2 Å². The van der Waals surface area contributed by atoms with Crippen molar-refractivity contribution in [1.29, 1.82) is 0 Å². The predicted molar refractivity (Wildman–Crippen MR) is 94.8 cm³/mol. The summed E-state index contributed by atoms with van der Waals surface area (Å²) in [4.78, 5) is 0. The van der Waals surface area contributed by atoms with Gasteiger partial charge in [0.25, 0.3) is 0 Å². The van der Waals surface area contributed by atoms with Gasteiger partial charge in [0, 0.05) is 27.5 Å². The van der Waals surface area contributed by atoms with Gasteiger partial charge >= 0.3 is 0 Å². The van der Waals surface area contributed by atoms with Gasteiger partial charge in [-0.25, -0.2) is 8.78 Å². The molecular weight excluding hydrogens is 362 g/mol. The summed E-state index contributed by atoms with van der Waals surface area (Å²) in [5.41, 5.74) is 13.4. The lowest BCUT2D eigenvalue weighted by Gasteiger charge is -2.03. The Hall–Kier alpha value is -2.40. The number of nitrogen functional groups attached to an aromatic ring is 2. The van der Waals surface area contributed by atoms with E-state index in [9.17, 15) is 8.78 Å². The molecule has 0 radical (unpaired) electrons. The fourth-order valence-corrected chi connectivity index (χ4v) is 2.11. The Morgan fingerprint density at radius 1 is 0.696 bits per heavy atom. The normalized spacial score (nSPS) is 9.87. The van der Waals surface area contributed by atoms with E-state index in [-0.39, 0.29) is 0 Å². The summed E-state index contributed by atoms with van der Waals surface area (Å²) in [6.07, 6.45) is 0. The molecule has 0 aliphatic rings. The molecule has 0 unspecified atom stereocenters. The zero-order valence-corrected chi connectivity index (χ0v) is 13.7. The first-order chi connectivity index (χ1) is 11.0. The Labute approximate surface area is 141 Å². The SMILES string of the molecule is Nc1ccc(-c2ccc(F)cc2F)cc1.Nc1ccc(Br)cc1. The van der Waals surface area contributed by atoms with Gasteiger partial charge < -0.3 is 11.5 Å². The van der Waals surface area contributed by atoms with Crippen LogP contribution in [0, 0.1) is 11.6 Å². The maximum atomic E-state index is 13.4. The van der Waals surface area contributed by atoms with E-state index in [1.54, 1.807) is 24.3 Å². The van der Waals surface area contributed by atoms with E-state index in [2.05, 4.69) is 15.9 Å². The molecular formula is C18H15BrF2N2. The topological polar surface area (TPSA) is 52.0 Å². The summed E-state index contributed by atoms with van der Waals surface area (Å²) in [5, 5.41) is 0. The molecule has 2 nitrogen and oxygen atoms in total. The van der Waals surface area contributed by atoms with Gasteiger partial charge in [0.15, 0.2) is 0 Å². The fourth-order valence-electron chi connectivity index (χ4n) is 1.85. The van der Waals surface area contributed by atoms with Crippen LogP contribution in [0.2, 0.25) is 0 Å². The van der Waals surface area contributed by atoms with Gasteiger partial charge in [-0.05, 0) is 54.1 Å². The standard InChI is InChI=1S/C12H9F2N.C6H6BrN/c13-9-3-6-11(12(14)7-9)8-1-4-10(15)5-2-8;7-5-1-3-6(8)4-2-5/h1-7H,15H2;1-4H,8H2. The number of nitrogens with two attached hydrogens (primary N) is 2. The van der Waals surface area contributed by atoms with E-state index >= 15 is 0 Å². The molecule has 4 N–H and O–H groups in total. The quantitative estimate of drug-likeness (QED) is 0.570. The molecule has 0 atom stereocenters. The van der Waals surface area contributed by atoms with Gasteiger partial charge in [-0.2, -0.15) is 0 Å². The molecule has 0 heterocycles. The molecule has 0 spiro atoms. The van der Waals surface area contributed by atoms with E-state index in [0.29, 0.717) is 16.8 Å². The van der Waals surface area contributed by atoms with Crippen LogP contribution in [0.3, 0.4) is 0 Å². The first-order valence-corrected chi connectivity index (χ1v) is 7.57. The fraction of sp³-hybridized carbons (Fsp3) is 0. The van der Waals surface area contributed by atoms with Crippen molar-refractivity contribution in [3.8, 4) is 11.1 Å². The number of halogens is 3. The minimum Gasteiger partial charge on any atom is -0.399 e. The Morgan fingerprint density at radius 2 is 1.22 bits per heavy atom. The molecule has 3 aromatic rings. The number of rotatable bonds is 1. The molecule has 0 aliphatic heterocycles. The van der Waals surface area contributed by atoms with Gasteiger partial charge in [-0.1, -0.05) is 28.1 Å². The lowest BCUT2D eigenvalue weighted by Crippen LogP contribution is -1.87. The second-order valence-electron chi connectivity index (χ2n) is 4.80. The first kappa shape index (κ1) is 17.0. The van der Waals surface area contributed by atoms with Crippen LogP contribution in [0.25, 0.3) is 11.1 Å². The van der Waals surface area contributed by atoms with Crippen LogP contribution in [0.15, 0.2) is 71.2 Å². The van der Waals surface area contributed by atoms with Crippen molar-refractivity contribution in [3.05, 3.63) is 82.8 Å². The predicted octanol–water partition coefficient (Wildman–Crippen LogP) is 5.25. The van der Waals surface area contributed by atoms with Crippen LogP contribution >= 0.6 is 15.9 Å².